The van der Waals surface area contributed by atoms with Crippen LogP contribution in [0.2, 0.25) is 0 Å². The number of hydrogen-bond acceptors (Lipinski definition) is 5. The minimum Gasteiger partial charge on any atom is -0.497 e. The summed E-state index contributed by atoms with van der Waals surface area (Å²) >= 11 is 3.59. The van der Waals surface area contributed by atoms with Gasteiger partial charge in [-0.25, -0.2) is 4.98 Å². The lowest BCUT2D eigenvalue weighted by atomic mass is 10.1. The summed E-state index contributed by atoms with van der Waals surface area (Å²) < 4.78 is 13.1. The highest BCUT2D eigenvalue weighted by Crippen LogP contribution is 2.37. The molecule has 0 saturated carbocycles. The lowest BCUT2D eigenvalue weighted by Crippen LogP contribution is -2.37. The molecule has 7 nitrogen and oxygen atoms in total. The summed E-state index contributed by atoms with van der Waals surface area (Å²) in [7, 11) is 3.10. The maximum atomic E-state index is 13.9. The summed E-state index contributed by atoms with van der Waals surface area (Å²) in [4.78, 5) is 33.9. The van der Waals surface area contributed by atoms with Crippen LogP contribution in [0.1, 0.15) is 36.1 Å². The van der Waals surface area contributed by atoms with Crippen LogP contribution in [0.15, 0.2) is 76.0 Å². The fourth-order valence-corrected chi connectivity index (χ4v) is 4.70. The van der Waals surface area contributed by atoms with Crippen LogP contribution in [0.3, 0.4) is 0 Å². The molecule has 0 radical (unpaired) electrons. The molecule has 4 aromatic rings. The van der Waals surface area contributed by atoms with Gasteiger partial charge in [-0.15, -0.1) is 0 Å². The number of carbonyl (C=O) groups excluding carboxylic acids is 1. The number of nitrogens with zero attached hydrogens (tertiary/aromatic N) is 3. The molecule has 1 aromatic heterocycles. The van der Waals surface area contributed by atoms with Crippen LogP contribution in [-0.4, -0.2) is 41.1 Å². The lowest BCUT2D eigenvalue weighted by molar-refractivity contribution is 0.0693. The van der Waals surface area contributed by atoms with E-state index in [2.05, 4.69) is 15.9 Å². The molecule has 0 aliphatic rings. The van der Waals surface area contributed by atoms with E-state index in [1.54, 1.807) is 61.6 Å². The van der Waals surface area contributed by atoms with Crippen LogP contribution >= 0.6 is 15.9 Å². The number of rotatable bonds is 7. The first kappa shape index (κ1) is 24.5. The zero-order valence-electron chi connectivity index (χ0n) is 20.0. The van der Waals surface area contributed by atoms with E-state index < -0.39 is 6.04 Å². The highest BCUT2D eigenvalue weighted by Gasteiger charge is 2.28. The monoisotopic (exact) mass is 535 g/mol. The van der Waals surface area contributed by atoms with Crippen molar-refractivity contribution < 1.29 is 14.3 Å². The number of amides is 1. The average Bonchev–Trinajstić information content (AvgIpc) is 2.89. The number of ether oxygens (including phenoxy) is 2. The molecule has 0 aliphatic heterocycles. The molecule has 1 heterocycles. The number of hydrogen-bond donors (Lipinski definition) is 0. The first-order valence-corrected chi connectivity index (χ1v) is 12.0. The summed E-state index contributed by atoms with van der Waals surface area (Å²) in [6.45, 7) is 4.22. The Kier molecular flexibility index (Phi) is 7.21. The minimum atomic E-state index is -0.519. The van der Waals surface area contributed by atoms with Crippen molar-refractivity contribution in [1.29, 1.82) is 0 Å². The van der Waals surface area contributed by atoms with E-state index >= 15 is 0 Å². The predicted octanol–water partition coefficient (Wildman–Crippen LogP) is 5.39. The van der Waals surface area contributed by atoms with Crippen molar-refractivity contribution in [3.05, 3.63) is 92.9 Å². The van der Waals surface area contributed by atoms with Crippen molar-refractivity contribution in [2.45, 2.75) is 19.9 Å². The van der Waals surface area contributed by atoms with E-state index in [4.69, 9.17) is 14.5 Å². The molecule has 180 valence electrons. The number of para-hydroxylation sites is 1. The number of halogens is 1. The molecule has 8 heteroatoms. The molecule has 1 amide bonds. The minimum absolute atomic E-state index is 0.142. The van der Waals surface area contributed by atoms with Gasteiger partial charge in [0.2, 0.25) is 0 Å². The molecule has 0 fully saturated rings. The third-order valence-corrected chi connectivity index (χ3v) is 6.75. The lowest BCUT2D eigenvalue weighted by Gasteiger charge is -2.30. The predicted molar refractivity (Wildman–Crippen MR) is 140 cm³/mol. The van der Waals surface area contributed by atoms with Crippen molar-refractivity contribution in [1.82, 2.24) is 14.5 Å². The van der Waals surface area contributed by atoms with Crippen LogP contribution in [0, 0.1) is 0 Å². The van der Waals surface area contributed by atoms with Gasteiger partial charge in [0.05, 0.1) is 41.3 Å². The highest BCUT2D eigenvalue weighted by molar-refractivity contribution is 9.10. The second kappa shape index (κ2) is 10.3. The first-order chi connectivity index (χ1) is 16.9. The molecule has 0 saturated heterocycles. The largest absolute Gasteiger partial charge is 0.497 e. The van der Waals surface area contributed by atoms with E-state index in [1.165, 1.54) is 4.57 Å². The topological polar surface area (TPSA) is 73.7 Å². The fourth-order valence-electron chi connectivity index (χ4n) is 4.13. The molecule has 0 N–H and O–H groups in total. The first-order valence-electron chi connectivity index (χ1n) is 11.2. The van der Waals surface area contributed by atoms with Crippen molar-refractivity contribution in [2.75, 3.05) is 20.8 Å². The van der Waals surface area contributed by atoms with Gasteiger partial charge in [-0.3, -0.25) is 14.2 Å². The molecule has 4 rings (SSSR count). The molecule has 1 unspecified atom stereocenters. The van der Waals surface area contributed by atoms with Gasteiger partial charge >= 0.3 is 0 Å². The third kappa shape index (κ3) is 4.53. The van der Waals surface area contributed by atoms with Gasteiger partial charge in [0.25, 0.3) is 11.5 Å². The van der Waals surface area contributed by atoms with Gasteiger partial charge in [0.1, 0.15) is 17.3 Å². The van der Waals surface area contributed by atoms with Crippen molar-refractivity contribution in [3.8, 4) is 17.2 Å². The molecular formula is C27H26BrN3O4. The molecule has 0 bridgehead atoms. The molecular weight excluding hydrogens is 510 g/mol. The van der Waals surface area contributed by atoms with Crippen molar-refractivity contribution >= 4 is 32.7 Å². The summed E-state index contributed by atoms with van der Waals surface area (Å²) in [6, 6.07) is 19.2. The third-order valence-electron chi connectivity index (χ3n) is 5.96. The van der Waals surface area contributed by atoms with Gasteiger partial charge in [-0.1, -0.05) is 30.3 Å². The van der Waals surface area contributed by atoms with Crippen LogP contribution < -0.4 is 15.0 Å². The highest BCUT2D eigenvalue weighted by atomic mass is 79.9. The number of methoxy groups -OCH3 is 2. The van der Waals surface area contributed by atoms with E-state index in [9.17, 15) is 9.59 Å². The average molecular weight is 536 g/mol. The number of carbonyl (C=O) groups is 1. The molecule has 1 atom stereocenters. The number of benzene rings is 3. The quantitative estimate of drug-likeness (QED) is 0.317. The van der Waals surface area contributed by atoms with Crippen LogP contribution in [0.25, 0.3) is 16.6 Å². The van der Waals surface area contributed by atoms with Gasteiger partial charge in [0, 0.05) is 24.2 Å². The Morgan fingerprint density at radius 1 is 1.06 bits per heavy atom. The van der Waals surface area contributed by atoms with Gasteiger partial charge in [-0.2, -0.15) is 0 Å². The fraction of sp³-hybridized carbons (Fsp3) is 0.222. The standard InChI is InChI=1S/C27H26BrN3O4/c1-5-30(26(32)18-11-7-6-8-12-18)17(2)25-29-21-14-10-9-13-20(21)27(33)31(25)22-15-19(34-3)16-23(35-4)24(22)28/h6-17H,5H2,1-4H3. The summed E-state index contributed by atoms with van der Waals surface area (Å²) in [5.74, 6) is 1.31. The molecule has 35 heavy (non-hydrogen) atoms. The zero-order valence-corrected chi connectivity index (χ0v) is 21.6. The second-order valence-electron chi connectivity index (χ2n) is 7.92. The number of fused-ring (bicyclic) bond motifs is 1. The Balaban J connectivity index is 1.99. The van der Waals surface area contributed by atoms with E-state index in [1.807, 2.05) is 38.1 Å². The van der Waals surface area contributed by atoms with Gasteiger partial charge in [-0.05, 0) is 54.0 Å². The second-order valence-corrected chi connectivity index (χ2v) is 8.72. The van der Waals surface area contributed by atoms with Gasteiger partial charge in [0.15, 0.2) is 0 Å². The Bertz CT molecular complexity index is 1440. The number of aromatic nitrogens is 2. The normalized spacial score (nSPS) is 11.8. The smallest absolute Gasteiger partial charge is 0.266 e. The molecule has 3 aromatic carbocycles. The van der Waals surface area contributed by atoms with Crippen LogP contribution in [0.4, 0.5) is 0 Å². The zero-order chi connectivity index (χ0) is 25.1. The SMILES string of the molecule is CCN(C(=O)c1ccccc1)C(C)c1nc2ccccc2c(=O)n1-c1cc(OC)cc(OC)c1Br. The van der Waals surface area contributed by atoms with Crippen molar-refractivity contribution in [2.24, 2.45) is 0 Å². The Morgan fingerprint density at radius 3 is 2.40 bits per heavy atom. The summed E-state index contributed by atoms with van der Waals surface area (Å²) in [6.07, 6.45) is 0. The summed E-state index contributed by atoms with van der Waals surface area (Å²) in [5.41, 5.74) is 1.39. The van der Waals surface area contributed by atoms with Crippen LogP contribution in [-0.2, 0) is 0 Å². The van der Waals surface area contributed by atoms with E-state index in [0.717, 1.165) is 0 Å². The van der Waals surface area contributed by atoms with Gasteiger partial charge < -0.3 is 14.4 Å². The molecule has 0 spiro atoms. The van der Waals surface area contributed by atoms with Crippen LogP contribution in [0.5, 0.6) is 11.5 Å². The van der Waals surface area contributed by atoms with Crippen molar-refractivity contribution in [3.63, 3.8) is 0 Å². The Hall–Kier alpha value is -3.65. The maximum absolute atomic E-state index is 13.9. The van der Waals surface area contributed by atoms with E-state index in [0.29, 0.717) is 50.5 Å². The maximum Gasteiger partial charge on any atom is 0.266 e. The Labute approximate surface area is 212 Å². The molecule has 0 aliphatic carbocycles. The Morgan fingerprint density at radius 2 is 1.74 bits per heavy atom. The van der Waals surface area contributed by atoms with E-state index in [-0.39, 0.29) is 11.5 Å². The summed E-state index contributed by atoms with van der Waals surface area (Å²) in [5, 5.41) is 0.467.